The summed E-state index contributed by atoms with van der Waals surface area (Å²) in [5, 5.41) is 27.2. The zero-order valence-electron chi connectivity index (χ0n) is 9.39. The van der Waals surface area contributed by atoms with Gasteiger partial charge in [0.1, 0.15) is 6.10 Å². The zero-order chi connectivity index (χ0) is 15.7. The molecule has 1 heterocycles. The Balaban J connectivity index is 0.00000400. The van der Waals surface area contributed by atoms with E-state index >= 15 is 0 Å². The van der Waals surface area contributed by atoms with Gasteiger partial charge in [-0.05, 0) is 0 Å². The molecule has 0 aromatic heterocycles. The van der Waals surface area contributed by atoms with E-state index in [1.54, 1.807) is 0 Å². The van der Waals surface area contributed by atoms with Gasteiger partial charge in [0.15, 0.2) is 11.9 Å². The molecule has 0 amide bonds. The Morgan fingerprint density at radius 2 is 1.81 bits per heavy atom. The third-order valence-electron chi connectivity index (χ3n) is 1.87. The SMILES string of the molecule is O=C1O[C@H]([C@@H](O)CO)C(O)=C1OP(=O)(O)OP(=O)(O)O.[NaH]. The molecule has 0 fully saturated rings. The number of ether oxygens (including phenoxy) is 1. The van der Waals surface area contributed by atoms with Gasteiger partial charge in [-0.15, -0.1) is 0 Å². The predicted molar refractivity (Wildman–Crippen MR) is 63.8 cm³/mol. The monoisotopic (exact) mass is 360 g/mol. The molecule has 1 aliphatic rings. The van der Waals surface area contributed by atoms with Crippen molar-refractivity contribution < 1.29 is 57.5 Å². The van der Waals surface area contributed by atoms with Crippen LogP contribution in [0.15, 0.2) is 11.5 Å². The third kappa shape index (κ3) is 5.97. The Hall–Kier alpha value is 0.0300. The van der Waals surface area contributed by atoms with Crippen molar-refractivity contribution in [2.75, 3.05) is 6.61 Å². The van der Waals surface area contributed by atoms with Crippen LogP contribution in [0.3, 0.4) is 0 Å². The molecule has 1 rings (SSSR count). The summed E-state index contributed by atoms with van der Waals surface area (Å²) in [5.41, 5.74) is 0. The van der Waals surface area contributed by atoms with Gasteiger partial charge in [-0.25, -0.2) is 13.9 Å². The fourth-order valence-corrected chi connectivity index (χ4v) is 2.77. The molecule has 0 bridgehead atoms. The van der Waals surface area contributed by atoms with Crippen LogP contribution < -0.4 is 0 Å². The first-order chi connectivity index (χ1) is 8.97. The van der Waals surface area contributed by atoms with Crippen LogP contribution in [-0.2, 0) is 27.5 Å². The quantitative estimate of drug-likeness (QED) is 0.167. The summed E-state index contributed by atoms with van der Waals surface area (Å²) in [6.45, 7) is -0.912. The second-order valence-corrected chi connectivity index (χ2v) is 6.18. The van der Waals surface area contributed by atoms with E-state index in [-0.39, 0.29) is 29.6 Å². The van der Waals surface area contributed by atoms with Crippen LogP contribution >= 0.6 is 15.6 Å². The van der Waals surface area contributed by atoms with Crippen LogP contribution in [-0.4, -0.2) is 84.3 Å². The molecule has 0 aromatic carbocycles. The maximum atomic E-state index is 11.2. The van der Waals surface area contributed by atoms with Gasteiger partial charge in [0.25, 0.3) is 5.76 Å². The van der Waals surface area contributed by atoms with Crippen molar-refractivity contribution in [3.8, 4) is 0 Å². The number of aliphatic hydroxyl groups excluding tert-OH is 3. The molecule has 118 valence electrons. The first-order valence-corrected chi connectivity index (χ1v) is 7.71. The minimum absolute atomic E-state index is 0. The number of esters is 1. The van der Waals surface area contributed by atoms with Crippen molar-refractivity contribution in [2.45, 2.75) is 12.2 Å². The van der Waals surface area contributed by atoms with E-state index in [0.29, 0.717) is 0 Å². The zero-order valence-corrected chi connectivity index (χ0v) is 11.2. The van der Waals surface area contributed by atoms with Crippen LogP contribution in [0.2, 0.25) is 0 Å². The van der Waals surface area contributed by atoms with Crippen molar-refractivity contribution in [3.63, 3.8) is 0 Å². The second kappa shape index (κ2) is 7.53. The molecule has 0 radical (unpaired) electrons. The predicted octanol–water partition coefficient (Wildman–Crippen LogP) is -2.39. The average molecular weight is 360 g/mol. The van der Waals surface area contributed by atoms with Gasteiger partial charge in [-0.3, -0.25) is 4.89 Å². The summed E-state index contributed by atoms with van der Waals surface area (Å²) in [6, 6.07) is 0. The fourth-order valence-electron chi connectivity index (χ4n) is 1.17. The molecule has 15 heteroatoms. The number of hydrogen-bond acceptors (Lipinski definition) is 9. The van der Waals surface area contributed by atoms with Gasteiger partial charge in [0.2, 0.25) is 0 Å². The summed E-state index contributed by atoms with van der Waals surface area (Å²) in [6.07, 6.45) is -3.49. The van der Waals surface area contributed by atoms with Gasteiger partial charge in [-0.1, -0.05) is 0 Å². The van der Waals surface area contributed by atoms with E-state index in [2.05, 4.69) is 13.6 Å². The summed E-state index contributed by atoms with van der Waals surface area (Å²) < 4.78 is 33.3. The molecule has 0 spiro atoms. The third-order valence-corrected chi connectivity index (χ3v) is 3.96. The second-order valence-electron chi connectivity index (χ2n) is 3.42. The summed E-state index contributed by atoms with van der Waals surface area (Å²) >= 11 is 0. The Labute approximate surface area is 139 Å². The Morgan fingerprint density at radius 3 is 2.24 bits per heavy atom. The van der Waals surface area contributed by atoms with Gasteiger partial charge in [-0.2, -0.15) is 4.31 Å². The normalized spacial score (nSPS) is 23.1. The van der Waals surface area contributed by atoms with Crippen LogP contribution in [0.4, 0.5) is 0 Å². The van der Waals surface area contributed by atoms with Crippen molar-refractivity contribution in [3.05, 3.63) is 11.5 Å². The molecule has 12 nitrogen and oxygen atoms in total. The summed E-state index contributed by atoms with van der Waals surface area (Å²) in [5.74, 6) is -3.91. The standard InChI is InChI=1S/C6H10O12P2.Na.H/c7-1-2(8)4-3(9)5(6(10)16-4)17-20(14,15)18-19(11,12)13;;/h2,4,7-9H,1H2,(H,14,15)(H2,11,12,13);;/t2-,4+;;/m0../s1. The number of hydrogen-bond donors (Lipinski definition) is 6. The van der Waals surface area contributed by atoms with Crippen LogP contribution in [0.25, 0.3) is 0 Å². The van der Waals surface area contributed by atoms with Gasteiger partial charge >= 0.3 is 51.2 Å². The van der Waals surface area contributed by atoms with Crippen LogP contribution in [0, 0.1) is 0 Å². The molecule has 21 heavy (non-hydrogen) atoms. The van der Waals surface area contributed by atoms with Crippen LogP contribution in [0.5, 0.6) is 0 Å². The molecular formula is C6H11NaO12P2. The van der Waals surface area contributed by atoms with E-state index in [1.807, 2.05) is 0 Å². The number of carbonyl (C=O) groups is 1. The number of aliphatic hydroxyl groups is 3. The molecule has 0 aliphatic carbocycles. The van der Waals surface area contributed by atoms with Crippen molar-refractivity contribution in [2.24, 2.45) is 0 Å². The van der Waals surface area contributed by atoms with Gasteiger partial charge < -0.3 is 34.4 Å². The average Bonchev–Trinajstić information content (AvgIpc) is 2.52. The van der Waals surface area contributed by atoms with Crippen LogP contribution in [0.1, 0.15) is 0 Å². The Bertz CT molecular complexity index is 524. The molecule has 1 unspecified atom stereocenters. The number of carbonyl (C=O) groups excluding carboxylic acids is 1. The summed E-state index contributed by atoms with van der Waals surface area (Å²) in [4.78, 5) is 36.9. The van der Waals surface area contributed by atoms with Crippen molar-refractivity contribution in [1.29, 1.82) is 0 Å². The topological polar surface area (TPSA) is 200 Å². The molecule has 0 aromatic rings. The van der Waals surface area contributed by atoms with Crippen molar-refractivity contribution in [1.82, 2.24) is 0 Å². The van der Waals surface area contributed by atoms with Gasteiger partial charge in [0, 0.05) is 0 Å². The molecule has 6 N–H and O–H groups in total. The number of rotatable bonds is 6. The fraction of sp³-hybridized carbons (Fsp3) is 0.500. The first-order valence-electron chi connectivity index (χ1n) is 4.69. The van der Waals surface area contributed by atoms with E-state index in [0.717, 1.165) is 0 Å². The number of phosphoric ester groups is 1. The molecule has 0 saturated heterocycles. The number of phosphoric acid groups is 2. The van der Waals surface area contributed by atoms with Crippen molar-refractivity contribution >= 4 is 51.2 Å². The van der Waals surface area contributed by atoms with E-state index < -0.39 is 51.9 Å². The Morgan fingerprint density at radius 1 is 1.29 bits per heavy atom. The van der Waals surface area contributed by atoms with E-state index in [1.165, 1.54) is 0 Å². The molecular weight excluding hydrogens is 349 g/mol. The molecule has 1 aliphatic heterocycles. The summed E-state index contributed by atoms with van der Waals surface area (Å²) in [7, 11) is -10.8. The van der Waals surface area contributed by atoms with Gasteiger partial charge in [0.05, 0.1) is 6.61 Å². The maximum absolute atomic E-state index is 11.2. The Kier molecular flexibility index (Phi) is 7.54. The molecule has 0 saturated carbocycles. The number of cyclic esters (lactones) is 1. The molecule has 3 atom stereocenters. The van der Waals surface area contributed by atoms with E-state index in [4.69, 9.17) is 19.8 Å². The van der Waals surface area contributed by atoms with E-state index in [9.17, 15) is 24.1 Å². The minimum atomic E-state index is -5.43. The first kappa shape index (κ1) is 21.0.